The molecule has 0 N–H and O–H groups in total. The molecule has 4 heteroatoms. The van der Waals surface area contributed by atoms with E-state index in [0.717, 1.165) is 38.5 Å². The summed E-state index contributed by atoms with van der Waals surface area (Å²) in [4.78, 5) is 2.43. The van der Waals surface area contributed by atoms with E-state index in [0.29, 0.717) is 0 Å². The van der Waals surface area contributed by atoms with Crippen LogP contribution in [0, 0.1) is 0 Å². The van der Waals surface area contributed by atoms with Gasteiger partial charge in [0, 0.05) is 45.2 Å². The molecule has 1 heterocycles. The third-order valence-corrected chi connectivity index (χ3v) is 4.66. The lowest BCUT2D eigenvalue weighted by molar-refractivity contribution is 0.138. The van der Waals surface area contributed by atoms with Crippen LogP contribution in [0.5, 0.6) is 5.75 Å². The zero-order chi connectivity index (χ0) is 18.9. The molecule has 0 radical (unpaired) electrons. The molecule has 1 aromatic heterocycles. The lowest BCUT2D eigenvalue weighted by Gasteiger charge is -2.23. The van der Waals surface area contributed by atoms with E-state index in [-0.39, 0.29) is 0 Å². The van der Waals surface area contributed by atoms with E-state index >= 15 is 0 Å². The van der Waals surface area contributed by atoms with E-state index in [4.69, 9.17) is 9.47 Å². The minimum Gasteiger partial charge on any atom is -0.497 e. The highest BCUT2D eigenvalue weighted by Crippen LogP contribution is 2.16. The molecule has 0 aliphatic carbocycles. The number of hydrogen-bond acceptors (Lipinski definition) is 3. The number of hydrogen-bond donors (Lipinski definition) is 0. The Kier molecular flexibility index (Phi) is 7.08. The van der Waals surface area contributed by atoms with Gasteiger partial charge in [0.05, 0.1) is 13.7 Å². The summed E-state index contributed by atoms with van der Waals surface area (Å²) >= 11 is 0. The van der Waals surface area contributed by atoms with E-state index in [1.165, 1.54) is 16.8 Å². The molecular weight excluding hydrogens is 336 g/mol. The molecular formula is C23H28N2O2. The van der Waals surface area contributed by atoms with Crippen LogP contribution in [0.15, 0.2) is 72.9 Å². The first-order valence-electron chi connectivity index (χ1n) is 9.30. The maximum atomic E-state index is 5.35. The second-order valence-corrected chi connectivity index (χ2v) is 6.67. The summed E-state index contributed by atoms with van der Waals surface area (Å²) in [7, 11) is 3.46. The number of benzene rings is 2. The van der Waals surface area contributed by atoms with Crippen molar-refractivity contribution in [3.63, 3.8) is 0 Å². The van der Waals surface area contributed by atoms with Gasteiger partial charge < -0.3 is 14.0 Å². The lowest BCUT2D eigenvalue weighted by Crippen LogP contribution is -2.27. The Morgan fingerprint density at radius 1 is 0.852 bits per heavy atom. The second kappa shape index (κ2) is 9.95. The van der Waals surface area contributed by atoms with E-state index < -0.39 is 0 Å². The molecule has 0 fully saturated rings. The van der Waals surface area contributed by atoms with Gasteiger partial charge in [-0.25, -0.2) is 0 Å². The molecule has 0 aliphatic rings. The standard InChI is InChI=1S/C23H28N2O2/c1-26-15-14-24(17-20-8-4-3-5-9-20)19-22-11-7-13-25(22)18-21-10-6-12-23(16-21)27-2/h3-13,16H,14-15,17-19H2,1-2H3. The molecule has 0 unspecified atom stereocenters. The molecule has 3 rings (SSSR count). The Balaban J connectivity index is 1.71. The highest BCUT2D eigenvalue weighted by Gasteiger charge is 2.10. The number of nitrogens with zero attached hydrogens (tertiary/aromatic N) is 2. The summed E-state index contributed by atoms with van der Waals surface area (Å²) in [6, 6.07) is 23.2. The van der Waals surface area contributed by atoms with Crippen molar-refractivity contribution in [2.75, 3.05) is 27.4 Å². The minimum atomic E-state index is 0.726. The zero-order valence-corrected chi connectivity index (χ0v) is 16.2. The van der Waals surface area contributed by atoms with Crippen molar-refractivity contribution in [2.24, 2.45) is 0 Å². The molecule has 0 spiro atoms. The maximum Gasteiger partial charge on any atom is 0.119 e. The monoisotopic (exact) mass is 364 g/mol. The van der Waals surface area contributed by atoms with E-state index in [2.05, 4.69) is 70.3 Å². The fourth-order valence-corrected chi connectivity index (χ4v) is 3.22. The van der Waals surface area contributed by atoms with Gasteiger partial charge in [0.25, 0.3) is 0 Å². The predicted octanol–water partition coefficient (Wildman–Crippen LogP) is 4.19. The third-order valence-electron chi connectivity index (χ3n) is 4.66. The van der Waals surface area contributed by atoms with Gasteiger partial charge in [-0.2, -0.15) is 0 Å². The van der Waals surface area contributed by atoms with Gasteiger partial charge in [-0.1, -0.05) is 42.5 Å². The molecule has 0 bridgehead atoms. The Labute approximate surface area is 162 Å². The van der Waals surface area contributed by atoms with Crippen molar-refractivity contribution in [3.05, 3.63) is 89.7 Å². The molecule has 27 heavy (non-hydrogen) atoms. The van der Waals surface area contributed by atoms with Gasteiger partial charge in [-0.05, 0) is 35.4 Å². The highest BCUT2D eigenvalue weighted by atomic mass is 16.5. The first-order valence-corrected chi connectivity index (χ1v) is 9.30. The first-order chi connectivity index (χ1) is 13.3. The summed E-state index contributed by atoms with van der Waals surface area (Å²) in [5.74, 6) is 0.895. The molecule has 0 saturated heterocycles. The Bertz CT molecular complexity index is 814. The van der Waals surface area contributed by atoms with Gasteiger partial charge in [0.15, 0.2) is 0 Å². The fraction of sp³-hybridized carbons (Fsp3) is 0.304. The summed E-state index contributed by atoms with van der Waals surface area (Å²) in [5.41, 5.74) is 3.85. The predicted molar refractivity (Wildman–Crippen MR) is 109 cm³/mol. The number of ether oxygens (including phenoxy) is 2. The Morgan fingerprint density at radius 2 is 1.67 bits per heavy atom. The van der Waals surface area contributed by atoms with Crippen LogP contribution in [0.3, 0.4) is 0 Å². The molecule has 0 amide bonds. The molecule has 2 aromatic carbocycles. The number of aromatic nitrogens is 1. The van der Waals surface area contributed by atoms with Crippen molar-refractivity contribution in [3.8, 4) is 5.75 Å². The van der Waals surface area contributed by atoms with E-state index in [9.17, 15) is 0 Å². The van der Waals surface area contributed by atoms with Gasteiger partial charge in [0.2, 0.25) is 0 Å². The van der Waals surface area contributed by atoms with Crippen LogP contribution in [-0.2, 0) is 24.4 Å². The van der Waals surface area contributed by atoms with Crippen molar-refractivity contribution < 1.29 is 9.47 Å². The third kappa shape index (κ3) is 5.71. The zero-order valence-electron chi connectivity index (χ0n) is 16.2. The van der Waals surface area contributed by atoms with Crippen molar-refractivity contribution in [1.29, 1.82) is 0 Å². The van der Waals surface area contributed by atoms with Crippen molar-refractivity contribution in [1.82, 2.24) is 9.47 Å². The average Bonchev–Trinajstić information content (AvgIpc) is 3.13. The average molecular weight is 364 g/mol. The summed E-state index contributed by atoms with van der Waals surface area (Å²) < 4.78 is 13.0. The first kappa shape index (κ1) is 19.2. The van der Waals surface area contributed by atoms with Crippen LogP contribution in [0.4, 0.5) is 0 Å². The summed E-state index contributed by atoms with van der Waals surface area (Å²) in [6.07, 6.45) is 2.14. The highest BCUT2D eigenvalue weighted by molar-refractivity contribution is 5.29. The Morgan fingerprint density at radius 3 is 2.44 bits per heavy atom. The van der Waals surface area contributed by atoms with Crippen LogP contribution >= 0.6 is 0 Å². The quantitative estimate of drug-likeness (QED) is 0.540. The number of rotatable bonds is 10. The fourth-order valence-electron chi connectivity index (χ4n) is 3.22. The topological polar surface area (TPSA) is 26.6 Å². The minimum absolute atomic E-state index is 0.726. The van der Waals surface area contributed by atoms with Crippen LogP contribution in [0.25, 0.3) is 0 Å². The van der Waals surface area contributed by atoms with Crippen LogP contribution < -0.4 is 4.74 Å². The van der Waals surface area contributed by atoms with Crippen molar-refractivity contribution >= 4 is 0 Å². The second-order valence-electron chi connectivity index (χ2n) is 6.67. The van der Waals surface area contributed by atoms with E-state index in [1.54, 1.807) is 14.2 Å². The van der Waals surface area contributed by atoms with Gasteiger partial charge in [-0.3, -0.25) is 4.90 Å². The lowest BCUT2D eigenvalue weighted by atomic mass is 10.2. The Hall–Kier alpha value is -2.56. The molecule has 142 valence electrons. The molecule has 0 saturated carbocycles. The maximum absolute atomic E-state index is 5.35. The molecule has 0 aliphatic heterocycles. The smallest absolute Gasteiger partial charge is 0.119 e. The summed E-state index contributed by atoms with van der Waals surface area (Å²) in [6.45, 7) is 4.26. The van der Waals surface area contributed by atoms with Crippen LogP contribution in [0.2, 0.25) is 0 Å². The van der Waals surface area contributed by atoms with E-state index in [1.807, 2.05) is 12.1 Å². The number of methoxy groups -OCH3 is 2. The van der Waals surface area contributed by atoms with Crippen LogP contribution in [-0.4, -0.2) is 36.8 Å². The largest absolute Gasteiger partial charge is 0.497 e. The SMILES string of the molecule is COCCN(Cc1ccccc1)Cc1cccn1Cc1cccc(OC)c1. The molecule has 4 nitrogen and oxygen atoms in total. The summed E-state index contributed by atoms with van der Waals surface area (Å²) in [5, 5.41) is 0. The van der Waals surface area contributed by atoms with Gasteiger partial charge in [0.1, 0.15) is 5.75 Å². The molecule has 0 atom stereocenters. The van der Waals surface area contributed by atoms with Gasteiger partial charge >= 0.3 is 0 Å². The molecule has 3 aromatic rings. The van der Waals surface area contributed by atoms with Crippen LogP contribution in [0.1, 0.15) is 16.8 Å². The van der Waals surface area contributed by atoms with Crippen molar-refractivity contribution in [2.45, 2.75) is 19.6 Å². The van der Waals surface area contributed by atoms with Gasteiger partial charge in [-0.15, -0.1) is 0 Å². The normalized spacial score (nSPS) is 11.1.